The molecule has 16 heterocycles. The van der Waals surface area contributed by atoms with Crippen LogP contribution in [0.4, 0.5) is 0 Å². The van der Waals surface area contributed by atoms with Crippen LogP contribution in [0.15, 0.2) is 17.0 Å². The van der Waals surface area contributed by atoms with Gasteiger partial charge >= 0.3 is 0 Å². The average molecular weight is 1300 g/mol. The lowest BCUT2D eigenvalue weighted by atomic mass is 9.95. The van der Waals surface area contributed by atoms with Crippen LogP contribution in [-0.2, 0) is 85.4 Å². The summed E-state index contributed by atoms with van der Waals surface area (Å²) < 4.78 is 123. The fourth-order valence-corrected chi connectivity index (χ4v) is 14.0. The number of hydrogen-bond donors (Lipinski definition) is 18. The van der Waals surface area contributed by atoms with E-state index in [0.717, 1.165) is 0 Å². The first kappa shape index (κ1) is 68.7. The molecule has 17 rings (SSSR count). The topological polar surface area (TPSA) is 549 Å². The number of rotatable bonds is 10. The number of hydrogen-bond acceptors (Lipinski definition) is 36. The van der Waals surface area contributed by atoms with Crippen molar-refractivity contribution in [2.24, 2.45) is 0 Å². The summed E-state index contributed by atoms with van der Waals surface area (Å²) in [4.78, 5) is -0.337. The molecule has 0 unspecified atom stereocenters. The maximum Gasteiger partial charge on any atom is 0.298 e. The quantitative estimate of drug-likeness (QED) is 0.0764. The molecule has 16 aliphatic heterocycles. The molecule has 16 aliphatic rings. The molecule has 1 aromatic carbocycles. The van der Waals surface area contributed by atoms with Crippen LogP contribution in [-0.4, -0.2) is 362 Å². The smallest absolute Gasteiger partial charge is 0.298 e. The van der Waals surface area contributed by atoms with Crippen LogP contribution in [0, 0.1) is 20.8 Å². The minimum Gasteiger partial charge on any atom is -0.394 e. The molecule has 37 heteroatoms. The largest absolute Gasteiger partial charge is 0.394 e. The molecule has 14 bridgehead atoms. The lowest BCUT2D eigenvalue weighted by Gasteiger charge is -2.50. The zero-order valence-corrected chi connectivity index (χ0v) is 47.9. The summed E-state index contributed by atoms with van der Waals surface area (Å²) in [5.74, 6) is 0. The molecule has 0 amide bonds. The highest BCUT2D eigenvalue weighted by atomic mass is 32.2. The van der Waals surface area contributed by atoms with E-state index >= 15 is 0 Å². The van der Waals surface area contributed by atoms with Crippen molar-refractivity contribution in [3.05, 3.63) is 28.8 Å². The number of benzene rings is 1. The third kappa shape index (κ3) is 13.2. The van der Waals surface area contributed by atoms with Gasteiger partial charge in [-0.25, -0.2) is 0 Å². The number of epoxide rings is 1. The van der Waals surface area contributed by atoms with E-state index in [2.05, 4.69) is 0 Å². The van der Waals surface area contributed by atoms with Crippen molar-refractivity contribution in [2.75, 3.05) is 46.2 Å². The van der Waals surface area contributed by atoms with Gasteiger partial charge in [0.25, 0.3) is 10.1 Å². The standard InChI is InChI=1S/C51H78O36S/c1-13-4-14(2)44(15(3)5-13)88(70,71)87-41-33(69)39-21(11-57)77-50(41)86-40-22(12-58)78-51(43-42(40)79-43)85-38-20(10-56)76-48(32(68)27(38)63)83-36-18(8-54)74-46(30(66)25(36)61)81-34-16(6-52)72-45(28(64)23(34)59)80-35-17(7-53)73-47(29(65)24(35)60)82-37-19(9-55)75-49(84-39)31(67)26(37)62/h4-5,16-43,45-69H,6-12H2,1-3H3/t16-,17-,18-,19-,20-,21-,22-,23-,24-,25-,26-,27-,28-,29-,30-,31-,32-,33+,34-,35-,36-,37-,38-,39-,40-,41-,42-,43+,45-,46-,47-,48-,49-,50-,51-/m1/s1. The molecule has 18 N–H and O–H groups in total. The van der Waals surface area contributed by atoms with Crippen LogP contribution in [0.1, 0.15) is 16.7 Å². The minimum absolute atomic E-state index is 0.210. The van der Waals surface area contributed by atoms with E-state index in [1.165, 1.54) is 26.0 Å². The molecule has 88 heavy (non-hydrogen) atoms. The molecule has 0 saturated carbocycles. The molecule has 0 aliphatic carbocycles. The molecule has 0 aromatic heterocycles. The normalized spacial score (nSPS) is 50.4. The Morgan fingerprint density at radius 1 is 0.307 bits per heavy atom. The van der Waals surface area contributed by atoms with E-state index in [1.54, 1.807) is 6.92 Å². The van der Waals surface area contributed by atoms with Crippen molar-refractivity contribution < 1.29 is 176 Å². The van der Waals surface area contributed by atoms with Crippen molar-refractivity contribution >= 4 is 10.1 Å². The number of aliphatic hydroxyl groups is 18. The first-order valence-electron chi connectivity index (χ1n) is 28.4. The van der Waals surface area contributed by atoms with Gasteiger partial charge in [0.2, 0.25) is 0 Å². The monoisotopic (exact) mass is 1300 g/mol. The van der Waals surface area contributed by atoms with Gasteiger partial charge in [0.05, 0.1) is 51.1 Å². The number of fused-ring (bicyclic) bond motifs is 7. The minimum atomic E-state index is -4.98. The number of aryl methyl sites for hydroxylation is 3. The fraction of sp³-hybridized carbons (Fsp3) is 0.882. The van der Waals surface area contributed by atoms with Crippen molar-refractivity contribution in [1.29, 1.82) is 0 Å². The predicted octanol–water partition coefficient (Wildman–Crippen LogP) is -11.8. The molecular weight excluding hydrogens is 1220 g/mol. The Morgan fingerprint density at radius 2 is 0.557 bits per heavy atom. The van der Waals surface area contributed by atoms with Gasteiger partial charge in [0.15, 0.2) is 50.1 Å². The van der Waals surface area contributed by atoms with Crippen LogP contribution < -0.4 is 0 Å². The van der Waals surface area contributed by atoms with Crippen molar-refractivity contribution in [1.82, 2.24) is 0 Å². The lowest BCUT2D eigenvalue weighted by Crippen LogP contribution is -2.68. The highest BCUT2D eigenvalue weighted by molar-refractivity contribution is 7.86. The molecule has 16 saturated heterocycles. The summed E-state index contributed by atoms with van der Waals surface area (Å²) in [5.41, 5.74) is 1.10. The summed E-state index contributed by atoms with van der Waals surface area (Å²) >= 11 is 0. The van der Waals surface area contributed by atoms with E-state index in [0.29, 0.717) is 5.56 Å². The van der Waals surface area contributed by atoms with Gasteiger partial charge in [-0.15, -0.1) is 0 Å². The van der Waals surface area contributed by atoms with E-state index in [9.17, 15) is 100 Å². The summed E-state index contributed by atoms with van der Waals surface area (Å²) in [6.45, 7) is -2.53. The van der Waals surface area contributed by atoms with Gasteiger partial charge in [-0.1, -0.05) is 17.7 Å². The Morgan fingerprint density at radius 3 is 0.864 bits per heavy atom. The third-order valence-electron chi connectivity index (χ3n) is 17.0. The molecule has 1 aromatic rings. The molecule has 0 spiro atoms. The molecule has 16 fully saturated rings. The number of aliphatic hydroxyl groups excluding tert-OH is 18. The zero-order chi connectivity index (χ0) is 63.7. The Hall–Kier alpha value is -2.19. The fourth-order valence-electron chi connectivity index (χ4n) is 12.5. The second kappa shape index (κ2) is 28.0. The Kier molecular flexibility index (Phi) is 21.9. The van der Waals surface area contributed by atoms with Crippen LogP contribution in [0.2, 0.25) is 0 Å². The third-order valence-corrected chi connectivity index (χ3v) is 18.7. The Bertz CT molecular complexity index is 2550. The molecule has 504 valence electrons. The van der Waals surface area contributed by atoms with Crippen LogP contribution >= 0.6 is 0 Å². The molecule has 36 nitrogen and oxygen atoms in total. The SMILES string of the molecule is Cc1cc(C)c(S(=O)(=O)O[C@H]2[C@H]3O[C@H]4[C@H]5O[C@@H]5[C@@H](O[C@H]5[C@H](O)[C@@H](O)[C@@H](O[C@H]6[C@H](O)[C@@H](O)[C@@H](O[C@H]7[C@H](O)[C@@H](O)[C@@H](O[C@H]8[C@H](O)[C@@H](O)[C@@H](O[C@H]9[C@H](O)[C@@H](O)[C@@H](O[C@@H]([C@@H]2O)[C@@H](CO)O3)O[C@@H]9CO)O[C@@H]8CO)O[C@@H]7CO)O[C@@H]6CO)O[C@@H]5CO)O[C@@H]4CO)c(C)c1. The van der Waals surface area contributed by atoms with E-state index in [-0.39, 0.29) is 16.0 Å². The first-order chi connectivity index (χ1) is 41.8. The van der Waals surface area contributed by atoms with E-state index < -0.39 is 271 Å². The van der Waals surface area contributed by atoms with Gasteiger partial charge in [-0.2, -0.15) is 8.42 Å². The summed E-state index contributed by atoms with van der Waals surface area (Å²) in [5, 5.41) is 201. The van der Waals surface area contributed by atoms with Gasteiger partial charge in [0.1, 0.15) is 165 Å². The van der Waals surface area contributed by atoms with Crippen LogP contribution in [0.25, 0.3) is 0 Å². The first-order valence-corrected chi connectivity index (χ1v) is 29.8. The van der Waals surface area contributed by atoms with Crippen LogP contribution in [0.3, 0.4) is 0 Å². The Labute approximate surface area is 500 Å². The summed E-state index contributed by atoms with van der Waals surface area (Å²) in [6.07, 6.45) is -67.4. The van der Waals surface area contributed by atoms with Crippen LogP contribution in [0.5, 0.6) is 0 Å². The molecular formula is C51H78O36S. The lowest BCUT2D eigenvalue weighted by molar-refractivity contribution is -0.396. The van der Waals surface area contributed by atoms with Gasteiger partial charge in [-0.05, 0) is 31.9 Å². The van der Waals surface area contributed by atoms with Crippen molar-refractivity contribution in [3.63, 3.8) is 0 Å². The summed E-state index contributed by atoms with van der Waals surface area (Å²) in [6, 6.07) is 3.08. The average Bonchev–Trinajstić information content (AvgIpc) is 3.18. The van der Waals surface area contributed by atoms with Gasteiger partial charge < -0.3 is 163 Å². The maximum absolute atomic E-state index is 14.4. The van der Waals surface area contributed by atoms with E-state index in [1.807, 2.05) is 0 Å². The number of ether oxygens (including phenoxy) is 15. The van der Waals surface area contributed by atoms with Crippen molar-refractivity contribution in [2.45, 2.75) is 241 Å². The second-order valence-electron chi connectivity index (χ2n) is 23.0. The summed E-state index contributed by atoms with van der Waals surface area (Å²) in [7, 11) is -4.98. The molecule has 0 radical (unpaired) electrons. The van der Waals surface area contributed by atoms with Gasteiger partial charge in [0, 0.05) is 0 Å². The van der Waals surface area contributed by atoms with Gasteiger partial charge in [-0.3, -0.25) is 4.18 Å². The van der Waals surface area contributed by atoms with E-state index in [4.69, 9.17) is 75.2 Å². The maximum atomic E-state index is 14.4. The highest BCUT2D eigenvalue weighted by Gasteiger charge is 2.64. The highest BCUT2D eigenvalue weighted by Crippen LogP contribution is 2.44. The van der Waals surface area contributed by atoms with Crippen molar-refractivity contribution in [3.8, 4) is 0 Å². The second-order valence-corrected chi connectivity index (χ2v) is 24.5. The zero-order valence-electron chi connectivity index (χ0n) is 47.1. The predicted molar refractivity (Wildman–Crippen MR) is 272 cm³/mol. The Balaban J connectivity index is 0.969. The molecule has 35 atom stereocenters.